The van der Waals surface area contributed by atoms with Crippen molar-refractivity contribution in [3.8, 4) is 0 Å². The molecule has 2 aromatic rings. The van der Waals surface area contributed by atoms with E-state index in [9.17, 15) is 9.59 Å². The monoisotopic (exact) mass is 342 g/mol. The molecule has 1 fully saturated rings. The number of carbonyl (C=O) groups excluding carboxylic acids is 2. The lowest BCUT2D eigenvalue weighted by Gasteiger charge is -2.34. The second kappa shape index (κ2) is 7.59. The SMILES string of the molecule is CCC(=O)N1CCN(C(=O)NCCc2c[nH]c3cc(C)ccc23)CC1. The van der Waals surface area contributed by atoms with Crippen molar-refractivity contribution in [2.24, 2.45) is 0 Å². The Kier molecular flexibility index (Phi) is 5.26. The lowest BCUT2D eigenvalue weighted by molar-refractivity contribution is -0.132. The van der Waals surface area contributed by atoms with Gasteiger partial charge in [-0.05, 0) is 30.5 Å². The van der Waals surface area contributed by atoms with Gasteiger partial charge in [0, 0.05) is 56.2 Å². The number of amides is 3. The van der Waals surface area contributed by atoms with Crippen LogP contribution in [0.1, 0.15) is 24.5 Å². The van der Waals surface area contributed by atoms with Crippen LogP contribution in [0.25, 0.3) is 10.9 Å². The summed E-state index contributed by atoms with van der Waals surface area (Å²) in [6, 6.07) is 6.32. The van der Waals surface area contributed by atoms with Gasteiger partial charge in [0.15, 0.2) is 0 Å². The molecular formula is C19H26N4O2. The fraction of sp³-hybridized carbons (Fsp3) is 0.474. The van der Waals surface area contributed by atoms with E-state index < -0.39 is 0 Å². The Hall–Kier alpha value is -2.50. The topological polar surface area (TPSA) is 68.4 Å². The molecule has 134 valence electrons. The van der Waals surface area contributed by atoms with Crippen LogP contribution in [0.2, 0.25) is 0 Å². The highest BCUT2D eigenvalue weighted by atomic mass is 16.2. The van der Waals surface area contributed by atoms with Gasteiger partial charge in [-0.25, -0.2) is 4.79 Å². The third-order valence-corrected chi connectivity index (χ3v) is 4.82. The summed E-state index contributed by atoms with van der Waals surface area (Å²) < 4.78 is 0. The molecule has 0 radical (unpaired) electrons. The summed E-state index contributed by atoms with van der Waals surface area (Å²) in [4.78, 5) is 30.9. The molecule has 1 aliphatic heterocycles. The number of fused-ring (bicyclic) bond motifs is 1. The van der Waals surface area contributed by atoms with Gasteiger partial charge < -0.3 is 20.1 Å². The summed E-state index contributed by atoms with van der Waals surface area (Å²) in [7, 11) is 0. The molecule has 0 saturated carbocycles. The van der Waals surface area contributed by atoms with Crippen molar-refractivity contribution < 1.29 is 9.59 Å². The predicted molar refractivity (Wildman–Crippen MR) is 98.6 cm³/mol. The number of carbonyl (C=O) groups is 2. The van der Waals surface area contributed by atoms with Crippen LogP contribution < -0.4 is 5.32 Å². The molecule has 0 atom stereocenters. The van der Waals surface area contributed by atoms with Crippen molar-refractivity contribution in [3.63, 3.8) is 0 Å². The van der Waals surface area contributed by atoms with Crippen LogP contribution in [0.4, 0.5) is 4.79 Å². The highest BCUT2D eigenvalue weighted by molar-refractivity contribution is 5.84. The molecule has 0 bridgehead atoms. The third-order valence-electron chi connectivity index (χ3n) is 4.82. The van der Waals surface area contributed by atoms with Gasteiger partial charge >= 0.3 is 6.03 Å². The summed E-state index contributed by atoms with van der Waals surface area (Å²) in [5, 5.41) is 4.21. The Bertz CT molecular complexity index is 760. The molecule has 2 heterocycles. The minimum absolute atomic E-state index is 0.0423. The first-order chi connectivity index (χ1) is 12.1. The summed E-state index contributed by atoms with van der Waals surface area (Å²) in [5.41, 5.74) is 3.58. The van der Waals surface area contributed by atoms with Gasteiger partial charge in [0.25, 0.3) is 0 Å². The van der Waals surface area contributed by atoms with E-state index in [1.54, 1.807) is 4.90 Å². The van der Waals surface area contributed by atoms with E-state index in [1.807, 2.05) is 18.0 Å². The fourth-order valence-electron chi connectivity index (χ4n) is 3.31. The molecule has 2 N–H and O–H groups in total. The molecule has 0 unspecified atom stereocenters. The predicted octanol–water partition coefficient (Wildman–Crippen LogP) is 2.28. The standard InChI is InChI=1S/C19H26N4O2/c1-3-18(24)22-8-10-23(11-9-22)19(25)20-7-6-15-13-21-17-12-14(2)4-5-16(15)17/h4-5,12-13,21H,3,6-11H2,1-2H3,(H,20,25). The van der Waals surface area contributed by atoms with E-state index >= 15 is 0 Å². The van der Waals surface area contributed by atoms with Crippen molar-refractivity contribution in [2.75, 3.05) is 32.7 Å². The van der Waals surface area contributed by atoms with Gasteiger partial charge in [-0.15, -0.1) is 0 Å². The Morgan fingerprint density at radius 1 is 1.16 bits per heavy atom. The quantitative estimate of drug-likeness (QED) is 0.895. The number of H-pyrrole nitrogens is 1. The van der Waals surface area contributed by atoms with Gasteiger partial charge in [-0.1, -0.05) is 19.1 Å². The number of aromatic nitrogens is 1. The number of aromatic amines is 1. The van der Waals surface area contributed by atoms with Crippen molar-refractivity contribution in [1.82, 2.24) is 20.1 Å². The molecule has 3 amide bonds. The number of hydrogen-bond acceptors (Lipinski definition) is 2. The number of nitrogens with zero attached hydrogens (tertiary/aromatic N) is 2. The first-order valence-electron chi connectivity index (χ1n) is 8.95. The summed E-state index contributed by atoms with van der Waals surface area (Å²) in [6.45, 7) is 7.01. The summed E-state index contributed by atoms with van der Waals surface area (Å²) in [5.74, 6) is 0.162. The molecule has 1 saturated heterocycles. The Labute approximate surface area is 148 Å². The van der Waals surface area contributed by atoms with E-state index in [-0.39, 0.29) is 11.9 Å². The zero-order valence-corrected chi connectivity index (χ0v) is 15.0. The second-order valence-corrected chi connectivity index (χ2v) is 6.57. The minimum atomic E-state index is -0.0423. The van der Waals surface area contributed by atoms with E-state index in [4.69, 9.17) is 0 Å². The van der Waals surface area contributed by atoms with Crippen LogP contribution in [0, 0.1) is 6.92 Å². The molecule has 0 spiro atoms. The van der Waals surface area contributed by atoms with Crippen molar-refractivity contribution in [2.45, 2.75) is 26.7 Å². The van der Waals surface area contributed by atoms with Gasteiger partial charge in [-0.3, -0.25) is 4.79 Å². The number of aryl methyl sites for hydroxylation is 1. The second-order valence-electron chi connectivity index (χ2n) is 6.57. The van der Waals surface area contributed by atoms with Crippen molar-refractivity contribution in [3.05, 3.63) is 35.5 Å². The molecule has 6 nitrogen and oxygen atoms in total. The van der Waals surface area contributed by atoms with Gasteiger partial charge in [0.1, 0.15) is 0 Å². The number of nitrogens with one attached hydrogen (secondary N) is 2. The summed E-state index contributed by atoms with van der Waals surface area (Å²) in [6.07, 6.45) is 3.34. The van der Waals surface area contributed by atoms with E-state index in [1.165, 1.54) is 16.5 Å². The Morgan fingerprint density at radius 2 is 1.88 bits per heavy atom. The maximum Gasteiger partial charge on any atom is 0.317 e. The smallest absolute Gasteiger partial charge is 0.317 e. The molecule has 6 heteroatoms. The normalized spacial score (nSPS) is 14.8. The van der Waals surface area contributed by atoms with Crippen molar-refractivity contribution >= 4 is 22.8 Å². The van der Waals surface area contributed by atoms with E-state index in [2.05, 4.69) is 35.4 Å². The number of hydrogen-bond donors (Lipinski definition) is 2. The largest absolute Gasteiger partial charge is 0.361 e. The van der Waals surface area contributed by atoms with Gasteiger partial charge in [0.05, 0.1) is 0 Å². The lowest BCUT2D eigenvalue weighted by Crippen LogP contribution is -2.53. The van der Waals surface area contributed by atoms with Crippen LogP contribution in [0.3, 0.4) is 0 Å². The van der Waals surface area contributed by atoms with Crippen LogP contribution >= 0.6 is 0 Å². The van der Waals surface area contributed by atoms with Crippen LogP contribution in [-0.2, 0) is 11.2 Å². The maximum atomic E-state index is 12.3. The lowest BCUT2D eigenvalue weighted by atomic mass is 10.1. The third kappa shape index (κ3) is 3.95. The van der Waals surface area contributed by atoms with Gasteiger partial charge in [0.2, 0.25) is 5.91 Å². The fourth-order valence-corrected chi connectivity index (χ4v) is 3.31. The Morgan fingerprint density at radius 3 is 2.60 bits per heavy atom. The zero-order valence-electron chi connectivity index (χ0n) is 15.0. The number of rotatable bonds is 4. The van der Waals surface area contributed by atoms with E-state index in [0.717, 1.165) is 11.9 Å². The van der Waals surface area contributed by atoms with Crippen molar-refractivity contribution in [1.29, 1.82) is 0 Å². The maximum absolute atomic E-state index is 12.3. The van der Waals surface area contributed by atoms with Gasteiger partial charge in [-0.2, -0.15) is 0 Å². The highest BCUT2D eigenvalue weighted by Crippen LogP contribution is 2.19. The number of urea groups is 1. The average molecular weight is 342 g/mol. The molecule has 3 rings (SSSR count). The average Bonchev–Trinajstić information content (AvgIpc) is 3.03. The highest BCUT2D eigenvalue weighted by Gasteiger charge is 2.22. The first kappa shape index (κ1) is 17.3. The van der Waals surface area contributed by atoms with E-state index in [0.29, 0.717) is 39.1 Å². The molecule has 25 heavy (non-hydrogen) atoms. The molecule has 1 aromatic heterocycles. The molecule has 1 aliphatic rings. The Balaban J connectivity index is 1.47. The molecule has 0 aliphatic carbocycles. The van der Waals surface area contributed by atoms with Crippen LogP contribution in [0.5, 0.6) is 0 Å². The molecule has 1 aromatic carbocycles. The first-order valence-corrected chi connectivity index (χ1v) is 8.95. The number of piperazine rings is 1. The van der Waals surface area contributed by atoms with Crippen LogP contribution in [-0.4, -0.2) is 59.4 Å². The molecular weight excluding hydrogens is 316 g/mol. The summed E-state index contributed by atoms with van der Waals surface area (Å²) >= 11 is 0. The zero-order chi connectivity index (χ0) is 17.8. The minimum Gasteiger partial charge on any atom is -0.361 e. The van der Waals surface area contributed by atoms with Crippen LogP contribution in [0.15, 0.2) is 24.4 Å². The number of benzene rings is 1.